The van der Waals surface area contributed by atoms with Gasteiger partial charge in [0.05, 0.1) is 16.0 Å². The Morgan fingerprint density at radius 2 is 2.05 bits per heavy atom. The lowest BCUT2D eigenvalue weighted by Gasteiger charge is -2.12. The van der Waals surface area contributed by atoms with Crippen LogP contribution in [0.2, 0.25) is 0 Å². The minimum absolute atomic E-state index is 0.0975. The molecule has 1 aromatic heterocycles. The third-order valence-corrected chi connectivity index (χ3v) is 6.26. The molecule has 0 spiro atoms. The minimum Gasteiger partial charge on any atom is -0.288 e. The van der Waals surface area contributed by atoms with Gasteiger partial charge in [-0.25, -0.2) is 13.4 Å². The number of halogens is 1. The molecule has 2 aromatic rings. The van der Waals surface area contributed by atoms with Crippen LogP contribution in [0.1, 0.15) is 17.5 Å². The highest BCUT2D eigenvalue weighted by atomic mass is 35.7. The quantitative estimate of drug-likeness (QED) is 0.791. The molecule has 3 rings (SSSR count). The molecule has 8 heteroatoms. The molecule has 0 aliphatic carbocycles. The number of carbonyl (C=O) groups excluding carboxylic acids is 1. The third-order valence-electron chi connectivity index (χ3n) is 3.80. The van der Waals surface area contributed by atoms with Crippen LogP contribution < -0.4 is 4.90 Å². The summed E-state index contributed by atoms with van der Waals surface area (Å²) in [5.41, 5.74) is 3.09. The van der Waals surface area contributed by atoms with Gasteiger partial charge in [0.15, 0.2) is 5.13 Å². The summed E-state index contributed by atoms with van der Waals surface area (Å²) in [6.45, 7) is 4.35. The second-order valence-electron chi connectivity index (χ2n) is 5.65. The lowest BCUT2D eigenvalue weighted by Crippen LogP contribution is -2.25. The molecule has 1 aliphatic heterocycles. The van der Waals surface area contributed by atoms with Crippen molar-refractivity contribution < 1.29 is 13.2 Å². The standard InChI is InChI=1S/C14H15ClN2O3S2/c1-8-3-4-9(2)13-12(8)16-14(21-13)17-6-10(5-11(17)18)7-22(15,19)20/h3-4,10H,5-7H2,1-2H3. The van der Waals surface area contributed by atoms with Gasteiger partial charge in [-0.3, -0.25) is 9.69 Å². The molecule has 118 valence electrons. The molecule has 5 nitrogen and oxygen atoms in total. The summed E-state index contributed by atoms with van der Waals surface area (Å²) in [6.07, 6.45) is 0.194. The van der Waals surface area contributed by atoms with Crippen molar-refractivity contribution >= 4 is 52.3 Å². The molecule has 1 aliphatic rings. The van der Waals surface area contributed by atoms with Crippen molar-refractivity contribution in [2.75, 3.05) is 17.2 Å². The Bertz CT molecular complexity index is 821. The highest BCUT2D eigenvalue weighted by Gasteiger charge is 2.34. The number of fused-ring (bicyclic) bond motifs is 1. The summed E-state index contributed by atoms with van der Waals surface area (Å²) >= 11 is 1.47. The predicted octanol–water partition coefficient (Wildman–Crippen LogP) is 2.83. The first-order valence-corrected chi connectivity index (χ1v) is 10.1. The van der Waals surface area contributed by atoms with E-state index in [0.29, 0.717) is 11.7 Å². The van der Waals surface area contributed by atoms with Crippen molar-refractivity contribution in [3.05, 3.63) is 23.3 Å². The summed E-state index contributed by atoms with van der Waals surface area (Å²) in [5.74, 6) is -0.552. The van der Waals surface area contributed by atoms with Crippen molar-refractivity contribution in [3.8, 4) is 0 Å². The second-order valence-corrected chi connectivity index (χ2v) is 9.45. The number of hydrogen-bond donors (Lipinski definition) is 0. The molecule has 0 N–H and O–H groups in total. The predicted molar refractivity (Wildman–Crippen MR) is 89.2 cm³/mol. The van der Waals surface area contributed by atoms with Crippen LogP contribution in [-0.4, -0.2) is 31.6 Å². The van der Waals surface area contributed by atoms with E-state index in [1.54, 1.807) is 4.90 Å². The number of benzene rings is 1. The van der Waals surface area contributed by atoms with E-state index >= 15 is 0 Å². The van der Waals surface area contributed by atoms with Crippen LogP contribution in [0, 0.1) is 19.8 Å². The van der Waals surface area contributed by atoms with Crippen molar-refractivity contribution in [1.82, 2.24) is 4.98 Å². The highest BCUT2D eigenvalue weighted by Crippen LogP contribution is 2.35. The van der Waals surface area contributed by atoms with Crippen LogP contribution in [0.25, 0.3) is 10.2 Å². The van der Waals surface area contributed by atoms with E-state index in [0.717, 1.165) is 21.3 Å². The first-order valence-electron chi connectivity index (χ1n) is 6.84. The molecule has 2 heterocycles. The number of carbonyl (C=O) groups is 1. The first kappa shape index (κ1) is 15.7. The van der Waals surface area contributed by atoms with Crippen LogP contribution in [0.5, 0.6) is 0 Å². The van der Waals surface area contributed by atoms with E-state index in [1.165, 1.54) is 11.3 Å². The summed E-state index contributed by atoms with van der Waals surface area (Å²) in [5, 5.41) is 0.631. The maximum absolute atomic E-state index is 12.2. The van der Waals surface area contributed by atoms with Crippen LogP contribution in [-0.2, 0) is 13.8 Å². The Morgan fingerprint density at radius 3 is 2.68 bits per heavy atom. The Morgan fingerprint density at radius 1 is 1.36 bits per heavy atom. The van der Waals surface area contributed by atoms with E-state index in [-0.39, 0.29) is 24.0 Å². The van der Waals surface area contributed by atoms with Gasteiger partial charge < -0.3 is 0 Å². The van der Waals surface area contributed by atoms with Gasteiger partial charge in [0.2, 0.25) is 15.0 Å². The van der Waals surface area contributed by atoms with Gasteiger partial charge in [-0.05, 0) is 25.0 Å². The van der Waals surface area contributed by atoms with Gasteiger partial charge in [0, 0.05) is 29.6 Å². The molecular formula is C14H15ClN2O3S2. The van der Waals surface area contributed by atoms with Crippen LogP contribution >= 0.6 is 22.0 Å². The maximum Gasteiger partial charge on any atom is 0.232 e. The fourth-order valence-electron chi connectivity index (χ4n) is 2.72. The Kier molecular flexibility index (Phi) is 3.91. The third kappa shape index (κ3) is 2.98. The normalized spacial score (nSPS) is 19.3. The summed E-state index contributed by atoms with van der Waals surface area (Å²) < 4.78 is 23.4. The summed E-state index contributed by atoms with van der Waals surface area (Å²) in [4.78, 5) is 18.3. The molecule has 0 saturated carbocycles. The van der Waals surface area contributed by atoms with E-state index in [1.807, 2.05) is 26.0 Å². The highest BCUT2D eigenvalue weighted by molar-refractivity contribution is 8.13. The zero-order valence-electron chi connectivity index (χ0n) is 12.2. The number of anilines is 1. The minimum atomic E-state index is -3.60. The molecular weight excluding hydrogens is 344 g/mol. The molecule has 0 bridgehead atoms. The molecule has 1 amide bonds. The van der Waals surface area contributed by atoms with Crippen molar-refractivity contribution in [1.29, 1.82) is 0 Å². The van der Waals surface area contributed by atoms with E-state index in [4.69, 9.17) is 10.7 Å². The van der Waals surface area contributed by atoms with Gasteiger partial charge in [0.25, 0.3) is 0 Å². The lowest BCUT2D eigenvalue weighted by atomic mass is 10.1. The van der Waals surface area contributed by atoms with Crippen molar-refractivity contribution in [3.63, 3.8) is 0 Å². The second kappa shape index (κ2) is 5.47. The zero-order valence-corrected chi connectivity index (χ0v) is 14.6. The number of aromatic nitrogens is 1. The number of rotatable bonds is 3. The number of aryl methyl sites for hydroxylation is 2. The van der Waals surface area contributed by atoms with Gasteiger partial charge in [0.1, 0.15) is 0 Å². The monoisotopic (exact) mass is 358 g/mol. The van der Waals surface area contributed by atoms with Gasteiger partial charge in [-0.1, -0.05) is 23.5 Å². The number of thiazole rings is 1. The Labute approximate surface area is 137 Å². The van der Waals surface area contributed by atoms with Crippen molar-refractivity contribution in [2.24, 2.45) is 5.92 Å². The average molecular weight is 359 g/mol. The summed E-state index contributed by atoms with van der Waals surface area (Å²) in [7, 11) is 1.69. The zero-order chi connectivity index (χ0) is 16.1. The van der Waals surface area contributed by atoms with Crippen LogP contribution in [0.15, 0.2) is 12.1 Å². The van der Waals surface area contributed by atoms with Crippen LogP contribution in [0.3, 0.4) is 0 Å². The molecule has 22 heavy (non-hydrogen) atoms. The van der Waals surface area contributed by atoms with Gasteiger partial charge >= 0.3 is 0 Å². The van der Waals surface area contributed by atoms with E-state index < -0.39 is 9.05 Å². The first-order chi connectivity index (χ1) is 10.2. The summed E-state index contributed by atoms with van der Waals surface area (Å²) in [6, 6.07) is 4.05. The topological polar surface area (TPSA) is 67.3 Å². The van der Waals surface area contributed by atoms with Crippen LogP contribution in [0.4, 0.5) is 5.13 Å². The van der Waals surface area contributed by atoms with Gasteiger partial charge in [-0.2, -0.15) is 0 Å². The van der Waals surface area contributed by atoms with Crippen molar-refractivity contribution in [2.45, 2.75) is 20.3 Å². The fraction of sp³-hybridized carbons (Fsp3) is 0.429. The molecule has 1 fully saturated rings. The fourth-order valence-corrected chi connectivity index (χ4v) is 5.18. The molecule has 1 saturated heterocycles. The van der Waals surface area contributed by atoms with Gasteiger partial charge in [-0.15, -0.1) is 0 Å². The maximum atomic E-state index is 12.2. The number of amides is 1. The number of hydrogen-bond acceptors (Lipinski definition) is 5. The lowest BCUT2D eigenvalue weighted by molar-refractivity contribution is -0.117. The number of nitrogens with zero attached hydrogens (tertiary/aromatic N) is 2. The largest absolute Gasteiger partial charge is 0.288 e. The molecule has 1 atom stereocenters. The Hall–Kier alpha value is -1.18. The smallest absolute Gasteiger partial charge is 0.232 e. The average Bonchev–Trinajstić information content (AvgIpc) is 2.96. The molecule has 1 unspecified atom stereocenters. The van der Waals surface area contributed by atoms with E-state index in [9.17, 15) is 13.2 Å². The molecule has 1 aromatic carbocycles. The molecule has 0 radical (unpaired) electrons. The van der Waals surface area contributed by atoms with E-state index in [2.05, 4.69) is 4.98 Å². The SMILES string of the molecule is Cc1ccc(C)c2sc(N3CC(CS(=O)(=O)Cl)CC3=O)nc12. The Balaban J connectivity index is 1.93.